The molecule has 0 radical (unpaired) electrons. The van der Waals surface area contributed by atoms with E-state index in [1.807, 2.05) is 13.0 Å². The third kappa shape index (κ3) is 4.45. The van der Waals surface area contributed by atoms with E-state index in [4.69, 9.17) is 21.2 Å². The van der Waals surface area contributed by atoms with Gasteiger partial charge in [0.1, 0.15) is 5.82 Å². The summed E-state index contributed by atoms with van der Waals surface area (Å²) in [5.74, 6) is 6.09. The summed E-state index contributed by atoms with van der Waals surface area (Å²) in [6.07, 6.45) is 3.70. The standard InChI is InChI=1S/C17H15ClFNO2/c1-12-3-10-16(18)17(12)22-20-15(11-21-2)9-6-13-4-7-14(19)8-5-13/h3-5,7-8,10,12H,11H2,1-2H3/b20-15-/t12-/m1/s1. The highest BCUT2D eigenvalue weighted by Gasteiger charge is 2.17. The molecule has 0 unspecified atom stereocenters. The molecular weight excluding hydrogens is 305 g/mol. The van der Waals surface area contributed by atoms with E-state index < -0.39 is 0 Å². The van der Waals surface area contributed by atoms with E-state index in [1.54, 1.807) is 25.3 Å². The van der Waals surface area contributed by atoms with Crippen LogP contribution in [0.15, 0.2) is 52.4 Å². The van der Waals surface area contributed by atoms with Crippen molar-refractivity contribution in [2.45, 2.75) is 6.92 Å². The van der Waals surface area contributed by atoms with Crippen molar-refractivity contribution in [3.05, 3.63) is 58.6 Å². The summed E-state index contributed by atoms with van der Waals surface area (Å²) in [4.78, 5) is 5.38. The molecule has 0 saturated carbocycles. The van der Waals surface area contributed by atoms with Crippen LogP contribution in [-0.4, -0.2) is 19.4 Å². The first-order chi connectivity index (χ1) is 10.6. The largest absolute Gasteiger partial charge is 0.378 e. The van der Waals surface area contributed by atoms with Crippen LogP contribution in [0.1, 0.15) is 12.5 Å². The molecule has 5 heteroatoms. The molecule has 1 aromatic carbocycles. The number of hydrogen-bond donors (Lipinski definition) is 0. The molecule has 0 amide bonds. The predicted molar refractivity (Wildman–Crippen MR) is 84.9 cm³/mol. The molecule has 0 heterocycles. The SMILES string of the molecule is COC/C(C#Cc1ccc(F)cc1)=N\OC1=C(Cl)C=C[C@H]1C. The lowest BCUT2D eigenvalue weighted by molar-refractivity contribution is 0.196. The van der Waals surface area contributed by atoms with Gasteiger partial charge in [-0.2, -0.15) is 0 Å². The lowest BCUT2D eigenvalue weighted by Crippen LogP contribution is -2.06. The normalized spacial score (nSPS) is 17.5. The molecule has 22 heavy (non-hydrogen) atoms. The molecule has 2 rings (SSSR count). The Morgan fingerprint density at radius 3 is 2.68 bits per heavy atom. The molecule has 0 N–H and O–H groups in total. The smallest absolute Gasteiger partial charge is 0.160 e. The van der Waals surface area contributed by atoms with Crippen molar-refractivity contribution >= 4 is 17.3 Å². The highest BCUT2D eigenvalue weighted by Crippen LogP contribution is 2.28. The van der Waals surface area contributed by atoms with Gasteiger partial charge < -0.3 is 9.57 Å². The van der Waals surface area contributed by atoms with E-state index in [-0.39, 0.29) is 18.3 Å². The van der Waals surface area contributed by atoms with Crippen LogP contribution in [0.5, 0.6) is 0 Å². The van der Waals surface area contributed by atoms with Crippen molar-refractivity contribution in [1.29, 1.82) is 0 Å². The first-order valence-electron chi connectivity index (χ1n) is 6.68. The molecule has 1 aromatic rings. The van der Waals surface area contributed by atoms with E-state index in [9.17, 15) is 4.39 Å². The zero-order chi connectivity index (χ0) is 15.9. The second-order valence-electron chi connectivity index (χ2n) is 4.68. The molecule has 0 spiro atoms. The predicted octanol–water partition coefficient (Wildman–Crippen LogP) is 3.85. The molecule has 1 atom stereocenters. The van der Waals surface area contributed by atoms with Crippen LogP contribution in [0.4, 0.5) is 4.39 Å². The second kappa shape index (κ2) is 7.79. The third-order valence-corrected chi connectivity index (χ3v) is 3.22. The first-order valence-corrected chi connectivity index (χ1v) is 7.06. The Balaban J connectivity index is 2.12. The Kier molecular flexibility index (Phi) is 5.76. The first kappa shape index (κ1) is 16.3. The van der Waals surface area contributed by atoms with E-state index in [2.05, 4.69) is 17.0 Å². The molecule has 114 valence electrons. The number of nitrogens with zero attached hydrogens (tertiary/aromatic N) is 1. The topological polar surface area (TPSA) is 30.8 Å². The van der Waals surface area contributed by atoms with Crippen molar-refractivity contribution in [1.82, 2.24) is 0 Å². The van der Waals surface area contributed by atoms with Crippen molar-refractivity contribution in [2.75, 3.05) is 13.7 Å². The van der Waals surface area contributed by atoms with Crippen molar-refractivity contribution in [3.8, 4) is 11.8 Å². The number of allylic oxidation sites excluding steroid dienone is 3. The maximum absolute atomic E-state index is 12.8. The average Bonchev–Trinajstić information content (AvgIpc) is 2.83. The number of halogens is 2. The quantitative estimate of drug-likeness (QED) is 0.479. The molecule has 0 aliphatic heterocycles. The van der Waals surface area contributed by atoms with Crippen LogP contribution in [0.2, 0.25) is 0 Å². The summed E-state index contributed by atoms with van der Waals surface area (Å²) in [5, 5.41) is 4.52. The Morgan fingerprint density at radius 1 is 1.36 bits per heavy atom. The number of oxime groups is 1. The maximum Gasteiger partial charge on any atom is 0.160 e. The van der Waals surface area contributed by atoms with Gasteiger partial charge in [0.05, 0.1) is 11.6 Å². The highest BCUT2D eigenvalue weighted by molar-refractivity contribution is 6.31. The molecule has 1 aliphatic carbocycles. The van der Waals surface area contributed by atoms with Gasteiger partial charge in [0.25, 0.3) is 0 Å². The molecule has 1 aliphatic rings. The number of ether oxygens (including phenoxy) is 1. The molecule has 0 aromatic heterocycles. The van der Waals surface area contributed by atoms with E-state index in [1.165, 1.54) is 12.1 Å². The summed E-state index contributed by atoms with van der Waals surface area (Å²) in [7, 11) is 1.54. The third-order valence-electron chi connectivity index (χ3n) is 2.91. The fourth-order valence-electron chi connectivity index (χ4n) is 1.75. The van der Waals surface area contributed by atoms with Crippen LogP contribution in [0.25, 0.3) is 0 Å². The minimum absolute atomic E-state index is 0.0742. The summed E-state index contributed by atoms with van der Waals surface area (Å²) in [5.41, 5.74) is 1.10. The summed E-state index contributed by atoms with van der Waals surface area (Å²) in [6, 6.07) is 5.89. The summed E-state index contributed by atoms with van der Waals surface area (Å²) < 4.78 is 17.9. The van der Waals surface area contributed by atoms with Crippen LogP contribution >= 0.6 is 11.6 Å². The van der Waals surface area contributed by atoms with Crippen molar-refractivity contribution < 1.29 is 14.0 Å². The van der Waals surface area contributed by atoms with Crippen molar-refractivity contribution in [3.63, 3.8) is 0 Å². The number of hydrogen-bond acceptors (Lipinski definition) is 3. The Morgan fingerprint density at radius 2 is 2.09 bits per heavy atom. The van der Waals surface area contributed by atoms with Gasteiger partial charge in [-0.05, 0) is 36.3 Å². The number of methoxy groups -OCH3 is 1. The minimum Gasteiger partial charge on any atom is -0.378 e. The van der Waals surface area contributed by atoms with Gasteiger partial charge in [-0.15, -0.1) is 0 Å². The molecule has 0 bridgehead atoms. The van der Waals surface area contributed by atoms with Gasteiger partial charge in [-0.1, -0.05) is 35.7 Å². The van der Waals surface area contributed by atoms with Crippen LogP contribution in [0, 0.1) is 23.6 Å². The molecule has 0 saturated heterocycles. The van der Waals surface area contributed by atoms with Gasteiger partial charge in [-0.3, -0.25) is 0 Å². The fraction of sp³-hybridized carbons (Fsp3) is 0.235. The highest BCUT2D eigenvalue weighted by atomic mass is 35.5. The number of rotatable bonds is 4. The average molecular weight is 320 g/mol. The summed E-state index contributed by atoms with van der Waals surface area (Å²) in [6.45, 7) is 2.16. The fourth-order valence-corrected chi connectivity index (χ4v) is 2.03. The Hall–Kier alpha value is -2.09. The lowest BCUT2D eigenvalue weighted by Gasteiger charge is -2.06. The van der Waals surface area contributed by atoms with Gasteiger partial charge in [0.2, 0.25) is 0 Å². The Labute approximate surface area is 134 Å². The second-order valence-corrected chi connectivity index (χ2v) is 5.09. The van der Waals surface area contributed by atoms with Gasteiger partial charge in [0.15, 0.2) is 11.5 Å². The Bertz CT molecular complexity index is 681. The van der Waals surface area contributed by atoms with Gasteiger partial charge >= 0.3 is 0 Å². The molecule has 0 fully saturated rings. The molecular formula is C17H15ClFNO2. The van der Waals surface area contributed by atoms with Gasteiger partial charge in [0, 0.05) is 18.6 Å². The van der Waals surface area contributed by atoms with Crippen LogP contribution in [0.3, 0.4) is 0 Å². The maximum atomic E-state index is 12.8. The van der Waals surface area contributed by atoms with Crippen LogP contribution < -0.4 is 0 Å². The van der Waals surface area contributed by atoms with E-state index in [0.717, 1.165) is 0 Å². The van der Waals surface area contributed by atoms with E-state index in [0.29, 0.717) is 22.1 Å². The lowest BCUT2D eigenvalue weighted by atomic mass is 10.2. The number of benzene rings is 1. The minimum atomic E-state index is -0.302. The zero-order valence-electron chi connectivity index (χ0n) is 12.3. The molecule has 3 nitrogen and oxygen atoms in total. The van der Waals surface area contributed by atoms with Crippen LogP contribution in [-0.2, 0) is 9.57 Å². The van der Waals surface area contributed by atoms with E-state index >= 15 is 0 Å². The summed E-state index contributed by atoms with van der Waals surface area (Å²) >= 11 is 6.02. The van der Waals surface area contributed by atoms with Gasteiger partial charge in [-0.25, -0.2) is 4.39 Å². The zero-order valence-corrected chi connectivity index (χ0v) is 13.0. The monoisotopic (exact) mass is 319 g/mol. The van der Waals surface area contributed by atoms with Crippen molar-refractivity contribution in [2.24, 2.45) is 11.1 Å².